The summed E-state index contributed by atoms with van der Waals surface area (Å²) in [5.41, 5.74) is 1.01. The fraction of sp³-hybridized carbons (Fsp3) is 0.600. The molecule has 1 atom stereocenters. The lowest BCUT2D eigenvalue weighted by Crippen LogP contribution is -2.17. The Bertz CT molecular complexity index is 580. The average Bonchev–Trinajstić information content (AvgIpc) is 2.54. The summed E-state index contributed by atoms with van der Waals surface area (Å²) in [4.78, 5) is 22.3. The molecule has 0 radical (unpaired) electrons. The number of aromatic hydroxyl groups is 1. The number of carbonyl (C=O) groups excluding carboxylic acids is 1. The molecule has 5 nitrogen and oxygen atoms in total. The van der Waals surface area contributed by atoms with Crippen LogP contribution in [0.5, 0.6) is 11.5 Å². The van der Waals surface area contributed by atoms with Crippen molar-refractivity contribution in [3.63, 3.8) is 0 Å². The Kier molecular flexibility index (Phi) is 9.03. The van der Waals surface area contributed by atoms with E-state index in [-0.39, 0.29) is 24.1 Å². The lowest BCUT2D eigenvalue weighted by atomic mass is 10.0. The van der Waals surface area contributed by atoms with Crippen LogP contribution in [0.2, 0.25) is 0 Å². The molecule has 0 saturated carbocycles. The van der Waals surface area contributed by atoms with Gasteiger partial charge in [0.2, 0.25) is 0 Å². The number of hydrogen-bond acceptors (Lipinski definition) is 4. The van der Waals surface area contributed by atoms with Gasteiger partial charge in [0.25, 0.3) is 0 Å². The molecule has 0 aliphatic rings. The van der Waals surface area contributed by atoms with Crippen LogP contribution >= 0.6 is 0 Å². The van der Waals surface area contributed by atoms with Gasteiger partial charge >= 0.3 is 5.97 Å². The monoisotopic (exact) mass is 350 g/mol. The molecule has 140 valence electrons. The van der Waals surface area contributed by atoms with Crippen LogP contribution in [0.4, 0.5) is 0 Å². The first-order chi connectivity index (χ1) is 11.9. The summed E-state index contributed by atoms with van der Waals surface area (Å²) in [6.45, 7) is 5.53. The number of phenolic OH excluding ortho intramolecular Hbond substituents is 1. The highest BCUT2D eigenvalue weighted by atomic mass is 16.5. The number of ether oxygens (including phenoxy) is 1. The standard InChI is InChI=1S/C20H30O5/c1-4-8-15(10-6-7-11-19(22)23)25-18-13-12-16(14(3)21)20(24)17(18)9-5-2/h12-13,15,24H,4-11H2,1-3H3,(H,22,23). The zero-order valence-corrected chi connectivity index (χ0v) is 15.5. The molecule has 25 heavy (non-hydrogen) atoms. The molecule has 0 heterocycles. The van der Waals surface area contributed by atoms with Crippen LogP contribution < -0.4 is 4.74 Å². The van der Waals surface area contributed by atoms with Gasteiger partial charge in [-0.15, -0.1) is 0 Å². The third-order valence-corrected chi connectivity index (χ3v) is 4.19. The number of carboxylic acids is 1. The highest BCUT2D eigenvalue weighted by molar-refractivity contribution is 5.97. The number of carboxylic acid groups (broad SMARTS) is 1. The van der Waals surface area contributed by atoms with E-state index in [9.17, 15) is 14.7 Å². The minimum absolute atomic E-state index is 0.0167. The van der Waals surface area contributed by atoms with Crippen molar-refractivity contribution < 1.29 is 24.5 Å². The Morgan fingerprint density at radius 2 is 1.84 bits per heavy atom. The van der Waals surface area contributed by atoms with E-state index >= 15 is 0 Å². The van der Waals surface area contributed by atoms with E-state index in [0.29, 0.717) is 29.7 Å². The fourth-order valence-electron chi connectivity index (χ4n) is 2.92. The number of phenols is 1. The summed E-state index contributed by atoms with van der Waals surface area (Å²) in [7, 11) is 0. The average molecular weight is 350 g/mol. The molecule has 0 saturated heterocycles. The zero-order chi connectivity index (χ0) is 18.8. The van der Waals surface area contributed by atoms with Gasteiger partial charge in [0.05, 0.1) is 11.7 Å². The topological polar surface area (TPSA) is 83.8 Å². The molecule has 1 aromatic carbocycles. The van der Waals surface area contributed by atoms with Crippen LogP contribution in [0.15, 0.2) is 12.1 Å². The van der Waals surface area contributed by atoms with E-state index in [1.165, 1.54) is 6.92 Å². The van der Waals surface area contributed by atoms with Crippen molar-refractivity contribution in [3.8, 4) is 11.5 Å². The van der Waals surface area contributed by atoms with Gasteiger partial charge in [-0.1, -0.05) is 26.7 Å². The number of rotatable bonds is 12. The van der Waals surface area contributed by atoms with Crippen molar-refractivity contribution in [2.24, 2.45) is 0 Å². The summed E-state index contributed by atoms with van der Waals surface area (Å²) in [6, 6.07) is 3.38. The van der Waals surface area contributed by atoms with Crippen LogP contribution in [-0.4, -0.2) is 28.1 Å². The number of unbranched alkanes of at least 4 members (excludes halogenated alkanes) is 1. The highest BCUT2D eigenvalue weighted by Crippen LogP contribution is 2.34. The van der Waals surface area contributed by atoms with Crippen molar-refractivity contribution in [1.82, 2.24) is 0 Å². The summed E-state index contributed by atoms with van der Waals surface area (Å²) >= 11 is 0. The van der Waals surface area contributed by atoms with Crippen LogP contribution in [-0.2, 0) is 11.2 Å². The smallest absolute Gasteiger partial charge is 0.303 e. The predicted octanol–water partition coefficient (Wildman–Crippen LogP) is 4.74. The third-order valence-electron chi connectivity index (χ3n) is 4.19. The highest BCUT2D eigenvalue weighted by Gasteiger charge is 2.18. The maximum absolute atomic E-state index is 11.6. The maximum Gasteiger partial charge on any atom is 0.303 e. The van der Waals surface area contributed by atoms with Crippen molar-refractivity contribution in [3.05, 3.63) is 23.3 Å². The van der Waals surface area contributed by atoms with E-state index in [1.54, 1.807) is 12.1 Å². The Hall–Kier alpha value is -2.04. The van der Waals surface area contributed by atoms with Crippen molar-refractivity contribution >= 4 is 11.8 Å². The van der Waals surface area contributed by atoms with E-state index in [0.717, 1.165) is 32.1 Å². The number of benzene rings is 1. The normalized spacial score (nSPS) is 12.0. The minimum Gasteiger partial charge on any atom is -0.507 e. The first-order valence-electron chi connectivity index (χ1n) is 9.14. The van der Waals surface area contributed by atoms with Gasteiger partial charge in [-0.25, -0.2) is 0 Å². The second kappa shape index (κ2) is 10.7. The Morgan fingerprint density at radius 1 is 1.12 bits per heavy atom. The first-order valence-corrected chi connectivity index (χ1v) is 9.14. The van der Waals surface area contributed by atoms with Crippen LogP contribution in [0, 0.1) is 0 Å². The van der Waals surface area contributed by atoms with Gasteiger partial charge in [-0.05, 0) is 51.2 Å². The molecule has 1 aromatic rings. The summed E-state index contributed by atoms with van der Waals surface area (Å²) in [5.74, 6) is -0.294. The van der Waals surface area contributed by atoms with Crippen molar-refractivity contribution in [2.45, 2.75) is 78.2 Å². The largest absolute Gasteiger partial charge is 0.507 e. The minimum atomic E-state index is -0.775. The van der Waals surface area contributed by atoms with Gasteiger partial charge in [-0.3, -0.25) is 9.59 Å². The molecular formula is C20H30O5. The molecule has 5 heteroatoms. The lowest BCUT2D eigenvalue weighted by molar-refractivity contribution is -0.137. The van der Waals surface area contributed by atoms with Crippen LogP contribution in [0.1, 0.15) is 81.6 Å². The molecule has 1 rings (SSSR count). The maximum atomic E-state index is 11.6. The molecule has 0 spiro atoms. The van der Waals surface area contributed by atoms with Gasteiger partial charge < -0.3 is 14.9 Å². The Morgan fingerprint density at radius 3 is 2.40 bits per heavy atom. The quantitative estimate of drug-likeness (QED) is 0.420. The van der Waals surface area contributed by atoms with Crippen molar-refractivity contribution in [1.29, 1.82) is 0 Å². The first kappa shape index (κ1) is 21.0. The molecule has 0 fully saturated rings. The molecule has 1 unspecified atom stereocenters. The summed E-state index contributed by atoms with van der Waals surface area (Å²) < 4.78 is 6.14. The summed E-state index contributed by atoms with van der Waals surface area (Å²) in [6.07, 6.45) is 5.67. The van der Waals surface area contributed by atoms with Gasteiger partial charge in [0.1, 0.15) is 11.5 Å². The number of hydrogen-bond donors (Lipinski definition) is 2. The van der Waals surface area contributed by atoms with E-state index < -0.39 is 5.97 Å². The molecular weight excluding hydrogens is 320 g/mol. The van der Waals surface area contributed by atoms with Gasteiger partial charge in [-0.2, -0.15) is 0 Å². The summed E-state index contributed by atoms with van der Waals surface area (Å²) in [5, 5.41) is 19.2. The second-order valence-electron chi connectivity index (χ2n) is 6.41. The molecule has 0 bridgehead atoms. The number of Topliss-reactive ketones (excluding diaryl/α,β-unsaturated/α-hetero) is 1. The SMILES string of the molecule is CCCc1c(OC(CCC)CCCCC(=O)O)ccc(C(C)=O)c1O. The number of carbonyl (C=O) groups is 2. The van der Waals surface area contributed by atoms with Crippen molar-refractivity contribution in [2.75, 3.05) is 0 Å². The van der Waals surface area contributed by atoms with Gasteiger partial charge in [0.15, 0.2) is 5.78 Å². The second-order valence-corrected chi connectivity index (χ2v) is 6.41. The third kappa shape index (κ3) is 6.77. The zero-order valence-electron chi connectivity index (χ0n) is 15.5. The van der Waals surface area contributed by atoms with E-state index in [2.05, 4.69) is 6.92 Å². The van der Waals surface area contributed by atoms with Gasteiger partial charge in [0, 0.05) is 12.0 Å². The molecule has 0 aromatic heterocycles. The molecule has 0 aliphatic carbocycles. The Labute approximate surface area is 150 Å². The van der Waals surface area contributed by atoms with E-state index in [4.69, 9.17) is 9.84 Å². The van der Waals surface area contributed by atoms with Crippen LogP contribution in [0.25, 0.3) is 0 Å². The molecule has 0 amide bonds. The predicted molar refractivity (Wildman–Crippen MR) is 97.5 cm³/mol. The number of ketones is 1. The lowest BCUT2D eigenvalue weighted by Gasteiger charge is -2.22. The van der Waals surface area contributed by atoms with E-state index in [1.807, 2.05) is 6.92 Å². The Balaban J connectivity index is 2.89. The molecule has 2 N–H and O–H groups in total. The number of aliphatic carboxylic acids is 1. The van der Waals surface area contributed by atoms with Crippen LogP contribution in [0.3, 0.4) is 0 Å². The fourth-order valence-corrected chi connectivity index (χ4v) is 2.92. The molecule has 0 aliphatic heterocycles.